The van der Waals surface area contributed by atoms with E-state index in [1.54, 1.807) is 12.3 Å². The minimum absolute atomic E-state index is 0.227. The topological polar surface area (TPSA) is 61.6 Å². The van der Waals surface area contributed by atoms with Crippen molar-refractivity contribution in [2.24, 2.45) is 5.92 Å². The lowest BCUT2D eigenvalue weighted by Gasteiger charge is -2.18. The lowest BCUT2D eigenvalue weighted by Crippen LogP contribution is -2.39. The number of pyridine rings is 1. The molecule has 1 saturated heterocycles. The molecule has 1 aliphatic heterocycles. The molecular weight excluding hydrogens is 322 g/mol. The lowest BCUT2D eigenvalue weighted by atomic mass is 10.1. The molecule has 0 aromatic carbocycles. The predicted octanol–water partition coefficient (Wildman–Crippen LogP) is 2.34. The third-order valence-electron chi connectivity index (χ3n) is 4.64. The largest absolute Gasteiger partial charge is 0.370 e. The third kappa shape index (κ3) is 4.62. The number of nitrogens with zero attached hydrogens (tertiary/aromatic N) is 3. The fraction of sp³-hybridized carbons (Fsp3) is 0.588. The van der Waals surface area contributed by atoms with E-state index < -0.39 is 0 Å². The number of carbonyl (C=O) groups is 1. The first-order valence-corrected chi connectivity index (χ1v) is 9.56. The Bertz CT molecular complexity index is 594. The number of rotatable bonds is 6. The Morgan fingerprint density at radius 3 is 3.08 bits per heavy atom. The second-order valence-corrected chi connectivity index (χ2v) is 7.42. The third-order valence-corrected chi connectivity index (χ3v) is 5.60. The van der Waals surface area contributed by atoms with Gasteiger partial charge in [-0.15, -0.1) is 11.8 Å². The lowest BCUT2D eigenvalue weighted by molar-refractivity contribution is -0.128. The van der Waals surface area contributed by atoms with Gasteiger partial charge in [-0.2, -0.15) is 0 Å². The molecule has 2 aliphatic rings. The van der Waals surface area contributed by atoms with Crippen LogP contribution in [0, 0.1) is 12.5 Å². The molecule has 0 spiro atoms. The van der Waals surface area contributed by atoms with Gasteiger partial charge in [0.2, 0.25) is 11.6 Å². The van der Waals surface area contributed by atoms with Gasteiger partial charge in [0.05, 0.1) is 19.0 Å². The monoisotopic (exact) mass is 345 g/mol. The molecule has 6 nitrogen and oxygen atoms in total. The molecule has 2 unspecified atom stereocenters. The number of anilines is 1. The molecule has 7 heteroatoms. The molecule has 24 heavy (non-hydrogen) atoms. The first-order chi connectivity index (χ1) is 11.7. The summed E-state index contributed by atoms with van der Waals surface area (Å²) in [6, 6.07) is 4.07. The Kier molecular flexibility index (Phi) is 5.94. The fourth-order valence-electron chi connectivity index (χ4n) is 3.21. The Morgan fingerprint density at radius 2 is 2.38 bits per heavy atom. The number of aromatic nitrogens is 1. The maximum atomic E-state index is 12.1. The van der Waals surface area contributed by atoms with Gasteiger partial charge in [0.1, 0.15) is 5.82 Å². The van der Waals surface area contributed by atoms with Crippen molar-refractivity contribution < 1.29 is 4.79 Å². The van der Waals surface area contributed by atoms with Crippen LogP contribution in [0.2, 0.25) is 0 Å². The van der Waals surface area contributed by atoms with Gasteiger partial charge in [-0.3, -0.25) is 9.78 Å². The highest BCUT2D eigenvalue weighted by atomic mass is 32.2. The average Bonchev–Trinajstić information content (AvgIpc) is 3.30. The van der Waals surface area contributed by atoms with Crippen LogP contribution in [0.25, 0.3) is 4.85 Å². The molecule has 2 heterocycles. The molecule has 1 amide bonds. The van der Waals surface area contributed by atoms with Crippen molar-refractivity contribution in [3.63, 3.8) is 0 Å². The van der Waals surface area contributed by atoms with Gasteiger partial charge in [0.15, 0.2) is 0 Å². The average molecular weight is 345 g/mol. The highest BCUT2D eigenvalue weighted by Gasteiger charge is 2.26. The van der Waals surface area contributed by atoms with Crippen LogP contribution in [-0.2, 0) is 4.79 Å². The molecule has 128 valence electrons. The predicted molar refractivity (Wildman–Crippen MR) is 97.2 cm³/mol. The molecule has 1 aliphatic carbocycles. The number of carbonyl (C=O) groups excluding carboxylic acids is 1. The van der Waals surface area contributed by atoms with Crippen molar-refractivity contribution in [1.29, 1.82) is 0 Å². The standard InChI is InChI=1S/C17H23N5OS/c1-18-15-4-5-16(21-10-15)20-9-13-2-3-14(8-13)19-11-17(23)22-6-7-24-12-22/h4-5,10,13-14,19H,2-3,6-9,11-12H2,(H,20,21). The van der Waals surface area contributed by atoms with Crippen molar-refractivity contribution in [2.75, 3.05) is 36.6 Å². The summed E-state index contributed by atoms with van der Waals surface area (Å²) in [4.78, 5) is 21.6. The van der Waals surface area contributed by atoms with Gasteiger partial charge in [-0.1, -0.05) is 6.07 Å². The molecule has 2 atom stereocenters. The van der Waals surface area contributed by atoms with Gasteiger partial charge in [-0.05, 0) is 31.2 Å². The van der Waals surface area contributed by atoms with E-state index in [2.05, 4.69) is 20.5 Å². The van der Waals surface area contributed by atoms with Gasteiger partial charge in [0, 0.05) is 31.1 Å². The summed E-state index contributed by atoms with van der Waals surface area (Å²) in [6.45, 7) is 9.17. The summed E-state index contributed by atoms with van der Waals surface area (Å²) in [6.07, 6.45) is 4.97. The molecule has 0 radical (unpaired) electrons. The Labute approximate surface area is 147 Å². The SMILES string of the molecule is [C-]#[N+]c1ccc(NCC2CCC(NCC(=O)N3CCSC3)C2)nc1. The van der Waals surface area contributed by atoms with E-state index in [1.807, 2.05) is 22.7 Å². The molecule has 1 aromatic rings. The summed E-state index contributed by atoms with van der Waals surface area (Å²) in [5.74, 6) is 3.55. The normalized spacial score (nSPS) is 23.2. The fourth-order valence-corrected chi connectivity index (χ4v) is 4.18. The Hall–Kier alpha value is -1.78. The van der Waals surface area contributed by atoms with E-state index in [-0.39, 0.29) is 5.91 Å². The summed E-state index contributed by atoms with van der Waals surface area (Å²) in [7, 11) is 0. The Balaban J connectivity index is 1.35. The second-order valence-electron chi connectivity index (χ2n) is 6.35. The minimum atomic E-state index is 0.227. The van der Waals surface area contributed by atoms with E-state index in [9.17, 15) is 4.79 Å². The van der Waals surface area contributed by atoms with Crippen LogP contribution in [0.4, 0.5) is 11.5 Å². The van der Waals surface area contributed by atoms with Crippen LogP contribution < -0.4 is 10.6 Å². The zero-order valence-electron chi connectivity index (χ0n) is 13.7. The van der Waals surface area contributed by atoms with Crippen molar-refractivity contribution in [3.8, 4) is 0 Å². The number of hydrogen-bond donors (Lipinski definition) is 2. The molecule has 2 fully saturated rings. The van der Waals surface area contributed by atoms with E-state index in [4.69, 9.17) is 6.57 Å². The molecule has 0 bridgehead atoms. The smallest absolute Gasteiger partial charge is 0.237 e. The number of thioether (sulfide) groups is 1. The molecular formula is C17H23N5OS. The molecule has 3 rings (SSSR count). The van der Waals surface area contributed by atoms with Crippen molar-refractivity contribution in [2.45, 2.75) is 25.3 Å². The van der Waals surface area contributed by atoms with Crippen molar-refractivity contribution in [1.82, 2.24) is 15.2 Å². The van der Waals surface area contributed by atoms with Crippen molar-refractivity contribution >= 4 is 29.2 Å². The van der Waals surface area contributed by atoms with E-state index in [1.165, 1.54) is 6.42 Å². The van der Waals surface area contributed by atoms with Crippen LogP contribution in [0.3, 0.4) is 0 Å². The van der Waals surface area contributed by atoms with Crippen LogP contribution in [-0.4, -0.2) is 53.1 Å². The van der Waals surface area contributed by atoms with E-state index in [0.717, 1.165) is 43.4 Å². The van der Waals surface area contributed by atoms with Gasteiger partial charge >= 0.3 is 0 Å². The molecule has 1 aromatic heterocycles. The number of amides is 1. The number of hydrogen-bond acceptors (Lipinski definition) is 5. The first-order valence-electron chi connectivity index (χ1n) is 8.41. The molecule has 2 N–H and O–H groups in total. The van der Waals surface area contributed by atoms with Gasteiger partial charge in [-0.25, -0.2) is 4.85 Å². The molecule has 1 saturated carbocycles. The highest BCUT2D eigenvalue weighted by Crippen LogP contribution is 2.26. The van der Waals surface area contributed by atoms with Gasteiger partial charge in [0.25, 0.3) is 0 Å². The zero-order valence-corrected chi connectivity index (χ0v) is 14.5. The van der Waals surface area contributed by atoms with Crippen LogP contribution >= 0.6 is 11.8 Å². The van der Waals surface area contributed by atoms with E-state index >= 15 is 0 Å². The zero-order chi connectivity index (χ0) is 16.8. The summed E-state index contributed by atoms with van der Waals surface area (Å²) >= 11 is 1.82. The maximum Gasteiger partial charge on any atom is 0.237 e. The van der Waals surface area contributed by atoms with Crippen LogP contribution in [0.1, 0.15) is 19.3 Å². The van der Waals surface area contributed by atoms with Crippen LogP contribution in [0.15, 0.2) is 18.3 Å². The summed E-state index contributed by atoms with van der Waals surface area (Å²) < 4.78 is 0. The van der Waals surface area contributed by atoms with Crippen molar-refractivity contribution in [3.05, 3.63) is 29.7 Å². The maximum absolute atomic E-state index is 12.1. The second kappa shape index (κ2) is 8.36. The van der Waals surface area contributed by atoms with Crippen LogP contribution in [0.5, 0.6) is 0 Å². The Morgan fingerprint density at radius 1 is 1.46 bits per heavy atom. The summed E-state index contributed by atoms with van der Waals surface area (Å²) in [5, 5.41) is 6.77. The van der Waals surface area contributed by atoms with E-state index in [0.29, 0.717) is 24.2 Å². The quantitative estimate of drug-likeness (QED) is 0.775. The minimum Gasteiger partial charge on any atom is -0.370 e. The summed E-state index contributed by atoms with van der Waals surface area (Å²) in [5.41, 5.74) is 0.562. The number of nitrogens with one attached hydrogen (secondary N) is 2. The van der Waals surface area contributed by atoms with Gasteiger partial charge < -0.3 is 15.5 Å². The first kappa shape index (κ1) is 17.1. The highest BCUT2D eigenvalue weighted by molar-refractivity contribution is 7.99.